The molecular weight excluding hydrogens is 188 g/mol. The van der Waals surface area contributed by atoms with Crippen LogP contribution in [0.4, 0.5) is 5.82 Å². The first-order valence-electron chi connectivity index (χ1n) is 5.70. The SMILES string of the molecule is c1cnnc(N2CCN(C3CC3)CC2)c1. The second kappa shape index (κ2) is 3.77. The third kappa shape index (κ3) is 1.95. The van der Waals surface area contributed by atoms with E-state index in [4.69, 9.17) is 0 Å². The van der Waals surface area contributed by atoms with E-state index in [2.05, 4.69) is 20.0 Å². The molecule has 0 N–H and O–H groups in total. The first kappa shape index (κ1) is 9.09. The number of hydrogen-bond acceptors (Lipinski definition) is 4. The van der Waals surface area contributed by atoms with E-state index in [-0.39, 0.29) is 0 Å². The van der Waals surface area contributed by atoms with Gasteiger partial charge >= 0.3 is 0 Å². The first-order chi connectivity index (χ1) is 7.43. The van der Waals surface area contributed by atoms with Crippen LogP contribution in [-0.2, 0) is 0 Å². The lowest BCUT2D eigenvalue weighted by atomic mass is 10.3. The van der Waals surface area contributed by atoms with Gasteiger partial charge in [-0.3, -0.25) is 4.90 Å². The van der Waals surface area contributed by atoms with E-state index in [0.29, 0.717) is 0 Å². The molecule has 0 unspecified atom stereocenters. The summed E-state index contributed by atoms with van der Waals surface area (Å²) in [4.78, 5) is 4.93. The Morgan fingerprint density at radius 3 is 2.53 bits per heavy atom. The molecular formula is C11H16N4. The molecule has 1 aliphatic carbocycles. The van der Waals surface area contributed by atoms with Gasteiger partial charge in [0.1, 0.15) is 0 Å². The van der Waals surface area contributed by atoms with Crippen LogP contribution in [-0.4, -0.2) is 47.3 Å². The summed E-state index contributed by atoms with van der Waals surface area (Å²) in [5.74, 6) is 1.02. The molecule has 1 saturated heterocycles. The van der Waals surface area contributed by atoms with Crippen LogP contribution in [0.25, 0.3) is 0 Å². The summed E-state index contributed by atoms with van der Waals surface area (Å²) < 4.78 is 0. The lowest BCUT2D eigenvalue weighted by Gasteiger charge is -2.35. The summed E-state index contributed by atoms with van der Waals surface area (Å²) in [5, 5.41) is 8.07. The smallest absolute Gasteiger partial charge is 0.151 e. The van der Waals surface area contributed by atoms with Gasteiger partial charge in [0.05, 0.1) is 0 Å². The van der Waals surface area contributed by atoms with E-state index in [0.717, 1.165) is 24.9 Å². The summed E-state index contributed by atoms with van der Waals surface area (Å²) >= 11 is 0. The van der Waals surface area contributed by atoms with Crippen molar-refractivity contribution in [1.29, 1.82) is 0 Å². The summed E-state index contributed by atoms with van der Waals surface area (Å²) in [6.45, 7) is 4.55. The molecule has 2 heterocycles. The highest BCUT2D eigenvalue weighted by Crippen LogP contribution is 2.27. The van der Waals surface area contributed by atoms with E-state index in [1.165, 1.54) is 25.9 Å². The van der Waals surface area contributed by atoms with Crippen molar-refractivity contribution >= 4 is 5.82 Å². The Bertz CT molecular complexity index is 315. The number of aromatic nitrogens is 2. The average molecular weight is 204 g/mol. The maximum Gasteiger partial charge on any atom is 0.151 e. The molecule has 4 nitrogen and oxygen atoms in total. The molecule has 1 aromatic heterocycles. The van der Waals surface area contributed by atoms with E-state index >= 15 is 0 Å². The quantitative estimate of drug-likeness (QED) is 0.712. The Labute approximate surface area is 89.9 Å². The van der Waals surface area contributed by atoms with Gasteiger partial charge in [0.15, 0.2) is 5.82 Å². The molecule has 0 atom stereocenters. The number of piperazine rings is 1. The summed E-state index contributed by atoms with van der Waals surface area (Å²) in [6.07, 6.45) is 4.54. The van der Waals surface area contributed by atoms with Gasteiger partial charge in [0.2, 0.25) is 0 Å². The molecule has 0 bridgehead atoms. The Balaban J connectivity index is 1.61. The maximum absolute atomic E-state index is 4.15. The largest absolute Gasteiger partial charge is 0.353 e. The minimum atomic E-state index is 0.897. The van der Waals surface area contributed by atoms with Crippen molar-refractivity contribution in [3.05, 3.63) is 18.3 Å². The number of nitrogens with zero attached hydrogens (tertiary/aromatic N) is 4. The molecule has 0 aromatic carbocycles. The van der Waals surface area contributed by atoms with E-state index in [1.807, 2.05) is 12.1 Å². The van der Waals surface area contributed by atoms with Crippen molar-refractivity contribution in [3.63, 3.8) is 0 Å². The lowest BCUT2D eigenvalue weighted by Crippen LogP contribution is -2.47. The Kier molecular flexibility index (Phi) is 2.29. The zero-order chi connectivity index (χ0) is 10.1. The van der Waals surface area contributed by atoms with Crippen LogP contribution < -0.4 is 4.90 Å². The highest BCUT2D eigenvalue weighted by atomic mass is 15.3. The lowest BCUT2D eigenvalue weighted by molar-refractivity contribution is 0.247. The molecule has 80 valence electrons. The minimum Gasteiger partial charge on any atom is -0.353 e. The number of anilines is 1. The Morgan fingerprint density at radius 1 is 1.13 bits per heavy atom. The van der Waals surface area contributed by atoms with Gasteiger partial charge in [0.25, 0.3) is 0 Å². The van der Waals surface area contributed by atoms with Gasteiger partial charge in [-0.1, -0.05) is 0 Å². The molecule has 0 spiro atoms. The van der Waals surface area contributed by atoms with E-state index in [1.54, 1.807) is 6.20 Å². The van der Waals surface area contributed by atoms with Crippen molar-refractivity contribution in [2.45, 2.75) is 18.9 Å². The van der Waals surface area contributed by atoms with E-state index < -0.39 is 0 Å². The monoisotopic (exact) mass is 204 g/mol. The second-order valence-corrected chi connectivity index (χ2v) is 4.34. The van der Waals surface area contributed by atoms with Crippen LogP contribution >= 0.6 is 0 Å². The molecule has 2 aliphatic rings. The fraction of sp³-hybridized carbons (Fsp3) is 0.636. The van der Waals surface area contributed by atoms with Crippen molar-refractivity contribution in [2.75, 3.05) is 31.1 Å². The minimum absolute atomic E-state index is 0.897. The molecule has 4 heteroatoms. The third-order valence-corrected chi connectivity index (χ3v) is 3.26. The summed E-state index contributed by atoms with van der Waals surface area (Å²) in [5.41, 5.74) is 0. The van der Waals surface area contributed by atoms with Gasteiger partial charge in [-0.05, 0) is 25.0 Å². The molecule has 0 amide bonds. The topological polar surface area (TPSA) is 32.3 Å². The van der Waals surface area contributed by atoms with Crippen LogP contribution in [0.1, 0.15) is 12.8 Å². The average Bonchev–Trinajstić information content (AvgIpc) is 3.15. The van der Waals surface area contributed by atoms with Gasteiger partial charge in [0, 0.05) is 38.4 Å². The van der Waals surface area contributed by atoms with Gasteiger partial charge in [-0.25, -0.2) is 0 Å². The predicted molar refractivity (Wildman–Crippen MR) is 58.8 cm³/mol. The molecule has 3 rings (SSSR count). The van der Waals surface area contributed by atoms with Crippen molar-refractivity contribution < 1.29 is 0 Å². The third-order valence-electron chi connectivity index (χ3n) is 3.26. The number of rotatable bonds is 2. The van der Waals surface area contributed by atoms with Crippen LogP contribution in [0.2, 0.25) is 0 Å². The van der Waals surface area contributed by atoms with Gasteiger partial charge in [-0.2, -0.15) is 5.10 Å². The molecule has 1 aromatic rings. The maximum atomic E-state index is 4.15. The summed E-state index contributed by atoms with van der Waals surface area (Å²) in [7, 11) is 0. The van der Waals surface area contributed by atoms with Gasteiger partial charge in [-0.15, -0.1) is 5.10 Å². The molecule has 2 fully saturated rings. The zero-order valence-electron chi connectivity index (χ0n) is 8.84. The predicted octanol–water partition coefficient (Wildman–Crippen LogP) is 0.761. The first-order valence-corrected chi connectivity index (χ1v) is 5.70. The van der Waals surface area contributed by atoms with E-state index in [9.17, 15) is 0 Å². The standard InChI is InChI=1S/C11H16N4/c1-2-11(13-12-5-1)15-8-6-14(7-9-15)10-3-4-10/h1-2,5,10H,3-4,6-9H2. The summed E-state index contributed by atoms with van der Waals surface area (Å²) in [6, 6.07) is 4.89. The Morgan fingerprint density at radius 2 is 1.93 bits per heavy atom. The van der Waals surface area contributed by atoms with Crippen LogP contribution in [0.5, 0.6) is 0 Å². The zero-order valence-corrected chi connectivity index (χ0v) is 8.84. The van der Waals surface area contributed by atoms with Crippen LogP contribution in [0.15, 0.2) is 18.3 Å². The van der Waals surface area contributed by atoms with Crippen LogP contribution in [0.3, 0.4) is 0 Å². The van der Waals surface area contributed by atoms with Gasteiger partial charge < -0.3 is 4.90 Å². The highest BCUT2D eigenvalue weighted by molar-refractivity contribution is 5.36. The fourth-order valence-corrected chi connectivity index (χ4v) is 2.22. The normalized spacial score (nSPS) is 23.1. The Hall–Kier alpha value is -1.16. The molecule has 0 radical (unpaired) electrons. The second-order valence-electron chi connectivity index (χ2n) is 4.34. The molecule has 1 aliphatic heterocycles. The molecule has 15 heavy (non-hydrogen) atoms. The highest BCUT2D eigenvalue weighted by Gasteiger charge is 2.31. The molecule has 1 saturated carbocycles. The number of hydrogen-bond donors (Lipinski definition) is 0. The van der Waals surface area contributed by atoms with Crippen LogP contribution in [0, 0.1) is 0 Å². The fourth-order valence-electron chi connectivity index (χ4n) is 2.22. The van der Waals surface area contributed by atoms with Crippen molar-refractivity contribution in [1.82, 2.24) is 15.1 Å². The van der Waals surface area contributed by atoms with Crippen molar-refractivity contribution in [3.8, 4) is 0 Å². The van der Waals surface area contributed by atoms with Crippen molar-refractivity contribution in [2.24, 2.45) is 0 Å².